The molecule has 0 unspecified atom stereocenters. The van der Waals surface area contributed by atoms with E-state index in [9.17, 15) is 14.7 Å². The van der Waals surface area contributed by atoms with Crippen molar-refractivity contribution in [3.63, 3.8) is 0 Å². The summed E-state index contributed by atoms with van der Waals surface area (Å²) in [5.41, 5.74) is 0.378. The number of thioether (sulfide) groups is 1. The van der Waals surface area contributed by atoms with Crippen LogP contribution in [-0.2, 0) is 15.1 Å². The van der Waals surface area contributed by atoms with Gasteiger partial charge in [-0.1, -0.05) is 61.5 Å². The van der Waals surface area contributed by atoms with Crippen molar-refractivity contribution in [2.45, 2.75) is 36.2 Å². The number of ether oxygens (including phenoxy) is 4. The highest BCUT2D eigenvalue weighted by molar-refractivity contribution is 7.99. The van der Waals surface area contributed by atoms with Crippen LogP contribution in [0.5, 0.6) is 11.5 Å². The van der Waals surface area contributed by atoms with Crippen molar-refractivity contribution < 1.29 is 24.1 Å². The summed E-state index contributed by atoms with van der Waals surface area (Å²) in [7, 11) is 3.24. The molecule has 1 aliphatic heterocycles. The van der Waals surface area contributed by atoms with E-state index in [0.717, 1.165) is 16.7 Å². The van der Waals surface area contributed by atoms with E-state index < -0.39 is 40.5 Å². The van der Waals surface area contributed by atoms with Crippen molar-refractivity contribution >= 4 is 11.8 Å². The van der Waals surface area contributed by atoms with Gasteiger partial charge in [-0.05, 0) is 46.7 Å². The second-order valence-electron chi connectivity index (χ2n) is 9.81. The van der Waals surface area contributed by atoms with Crippen molar-refractivity contribution in [2.75, 3.05) is 26.6 Å². The van der Waals surface area contributed by atoms with Gasteiger partial charge in [-0.25, -0.2) is 4.79 Å². The Bertz CT molecular complexity index is 1520. The molecule has 3 aromatic carbocycles. The number of hydrogen-bond donors (Lipinski definition) is 2. The Balaban J connectivity index is 1.57. The highest BCUT2D eigenvalue weighted by Crippen LogP contribution is 2.43. The number of nitrogens with one attached hydrogen (secondary N) is 1. The van der Waals surface area contributed by atoms with Crippen LogP contribution in [0.2, 0.25) is 0 Å². The van der Waals surface area contributed by atoms with E-state index in [1.165, 1.54) is 28.6 Å². The standard InChI is InChI=1S/C32H34N2O7S/c1-4-42-29-28(36)26(41-30(29)34-19-18-27(35)33-31(34)37)20-40-32(21-8-6-5-7-9-21,22-10-14-24(38-2)15-11-22)23-12-16-25(39-3)17-13-23/h5-19,26,28-30,36H,4,20H2,1-3H3,(H,33,35,37)/t26-,28-,29-,30-/m1/s1. The van der Waals surface area contributed by atoms with Crippen molar-refractivity contribution in [3.05, 3.63) is 129 Å². The van der Waals surface area contributed by atoms with Crippen molar-refractivity contribution in [3.8, 4) is 11.5 Å². The Hall–Kier alpha value is -3.83. The fourth-order valence-corrected chi connectivity index (χ4v) is 6.48. The summed E-state index contributed by atoms with van der Waals surface area (Å²) in [6, 6.07) is 26.5. The van der Waals surface area contributed by atoms with Gasteiger partial charge in [-0.3, -0.25) is 14.3 Å². The van der Waals surface area contributed by atoms with Gasteiger partial charge in [0.25, 0.3) is 5.56 Å². The molecule has 2 N–H and O–H groups in total. The third-order valence-electron chi connectivity index (χ3n) is 7.43. The number of nitrogens with zero attached hydrogens (tertiary/aromatic N) is 1. The Morgan fingerprint density at radius 1 is 0.881 bits per heavy atom. The molecule has 1 saturated heterocycles. The van der Waals surface area contributed by atoms with E-state index in [1.54, 1.807) is 14.2 Å². The van der Waals surface area contributed by atoms with Crippen LogP contribution in [0.15, 0.2) is 101 Å². The summed E-state index contributed by atoms with van der Waals surface area (Å²) in [4.78, 5) is 26.6. The van der Waals surface area contributed by atoms with Crippen LogP contribution in [0.1, 0.15) is 29.8 Å². The Morgan fingerprint density at radius 3 is 1.98 bits per heavy atom. The SMILES string of the molecule is CCS[C@@H]1[C@H](O)[C@@H](COC(c2ccccc2)(c2ccc(OC)cc2)c2ccc(OC)cc2)O[C@H]1n1ccc(=O)[nH]c1=O. The lowest BCUT2D eigenvalue weighted by Crippen LogP contribution is -2.39. The van der Waals surface area contributed by atoms with Gasteiger partial charge >= 0.3 is 5.69 Å². The van der Waals surface area contributed by atoms with Crippen LogP contribution in [0.3, 0.4) is 0 Å². The van der Waals surface area contributed by atoms with Crippen molar-refractivity contribution in [1.29, 1.82) is 0 Å². The summed E-state index contributed by atoms with van der Waals surface area (Å²) >= 11 is 1.49. The molecular weight excluding hydrogens is 556 g/mol. The second-order valence-corrected chi connectivity index (χ2v) is 11.3. The fraction of sp³-hybridized carbons (Fsp3) is 0.312. The smallest absolute Gasteiger partial charge is 0.330 e. The molecule has 10 heteroatoms. The van der Waals surface area contributed by atoms with Crippen molar-refractivity contribution in [1.82, 2.24) is 9.55 Å². The maximum atomic E-state index is 12.7. The molecule has 1 aromatic heterocycles. The number of benzene rings is 3. The van der Waals surface area contributed by atoms with Crippen LogP contribution in [-0.4, -0.2) is 58.7 Å². The van der Waals surface area contributed by atoms with Crippen molar-refractivity contribution in [2.24, 2.45) is 0 Å². The molecule has 4 aromatic rings. The van der Waals surface area contributed by atoms with Gasteiger partial charge in [0.1, 0.15) is 23.2 Å². The predicted molar refractivity (Wildman–Crippen MR) is 161 cm³/mol. The first-order chi connectivity index (χ1) is 20.4. The zero-order valence-electron chi connectivity index (χ0n) is 23.6. The molecular formula is C32H34N2O7S. The molecule has 1 fully saturated rings. The quantitative estimate of drug-likeness (QED) is 0.253. The number of rotatable bonds is 11. The molecule has 5 rings (SSSR count). The minimum Gasteiger partial charge on any atom is -0.497 e. The lowest BCUT2D eigenvalue weighted by molar-refractivity contribution is -0.0943. The van der Waals surface area contributed by atoms with Gasteiger partial charge in [0.15, 0.2) is 6.23 Å². The molecule has 0 radical (unpaired) electrons. The van der Waals surface area contributed by atoms with Crippen LogP contribution in [0.25, 0.3) is 0 Å². The summed E-state index contributed by atoms with van der Waals surface area (Å²) in [6.07, 6.45) is -1.11. The van der Waals surface area contributed by atoms with Gasteiger partial charge < -0.3 is 24.1 Å². The van der Waals surface area contributed by atoms with Gasteiger partial charge in [0, 0.05) is 12.3 Å². The molecule has 9 nitrogen and oxygen atoms in total. The minimum atomic E-state index is -1.09. The second kappa shape index (κ2) is 13.0. The van der Waals surface area contributed by atoms with E-state index in [2.05, 4.69) is 4.98 Å². The molecule has 0 spiro atoms. The van der Waals surface area contributed by atoms with Gasteiger partial charge in [0.2, 0.25) is 0 Å². The average Bonchev–Trinajstić information content (AvgIpc) is 3.33. The number of methoxy groups -OCH3 is 2. The third-order valence-corrected chi connectivity index (χ3v) is 8.66. The molecule has 0 bridgehead atoms. The summed E-state index contributed by atoms with van der Waals surface area (Å²) in [6.45, 7) is 1.98. The zero-order chi connectivity index (χ0) is 29.7. The van der Waals surface area contributed by atoms with E-state index >= 15 is 0 Å². The van der Waals surface area contributed by atoms with Crippen LogP contribution in [0, 0.1) is 0 Å². The molecule has 220 valence electrons. The number of H-pyrrole nitrogens is 1. The minimum absolute atomic E-state index is 0.00347. The van der Waals surface area contributed by atoms with E-state index in [0.29, 0.717) is 17.3 Å². The zero-order valence-corrected chi connectivity index (χ0v) is 24.5. The lowest BCUT2D eigenvalue weighted by Gasteiger charge is -2.37. The topological polar surface area (TPSA) is 112 Å². The van der Waals surface area contributed by atoms with Crippen LogP contribution < -0.4 is 20.7 Å². The first kappa shape index (κ1) is 29.7. The highest BCUT2D eigenvalue weighted by atomic mass is 32.2. The normalized spacial score (nSPS) is 20.4. The van der Waals surface area contributed by atoms with E-state index in [4.69, 9.17) is 18.9 Å². The summed E-state index contributed by atoms with van der Waals surface area (Å²) in [5.74, 6) is 2.11. The summed E-state index contributed by atoms with van der Waals surface area (Å²) < 4.78 is 25.4. The maximum Gasteiger partial charge on any atom is 0.330 e. The van der Waals surface area contributed by atoms with Gasteiger partial charge in [0.05, 0.1) is 32.2 Å². The number of aromatic amines is 1. The Morgan fingerprint density at radius 2 is 1.45 bits per heavy atom. The van der Waals surface area contributed by atoms with Crippen LogP contribution >= 0.6 is 11.8 Å². The molecule has 0 saturated carbocycles. The molecule has 0 amide bonds. The van der Waals surface area contributed by atoms with E-state index in [1.807, 2.05) is 85.8 Å². The van der Waals surface area contributed by atoms with Gasteiger partial charge in [-0.2, -0.15) is 11.8 Å². The third kappa shape index (κ3) is 5.76. The number of aliphatic hydroxyl groups excluding tert-OH is 1. The Labute approximate surface area is 248 Å². The van der Waals surface area contributed by atoms with Crippen LogP contribution in [0.4, 0.5) is 0 Å². The fourth-order valence-electron chi connectivity index (χ4n) is 5.36. The predicted octanol–water partition coefficient (Wildman–Crippen LogP) is 3.94. The van der Waals surface area contributed by atoms with Gasteiger partial charge in [-0.15, -0.1) is 0 Å². The Kier molecular flexibility index (Phi) is 9.18. The molecule has 42 heavy (non-hydrogen) atoms. The molecule has 4 atom stereocenters. The number of aliphatic hydroxyl groups is 1. The first-order valence-corrected chi connectivity index (χ1v) is 14.7. The largest absolute Gasteiger partial charge is 0.497 e. The highest BCUT2D eigenvalue weighted by Gasteiger charge is 2.47. The lowest BCUT2D eigenvalue weighted by atomic mass is 9.80. The maximum absolute atomic E-state index is 12.7. The number of hydrogen-bond acceptors (Lipinski definition) is 8. The molecule has 1 aliphatic rings. The molecule has 0 aliphatic carbocycles. The summed E-state index contributed by atoms with van der Waals surface area (Å²) in [5, 5.41) is 11.0. The van der Waals surface area contributed by atoms with E-state index in [-0.39, 0.29) is 6.61 Å². The number of aromatic nitrogens is 2. The monoisotopic (exact) mass is 590 g/mol. The molecule has 2 heterocycles. The first-order valence-electron chi connectivity index (χ1n) is 13.7. The average molecular weight is 591 g/mol.